The van der Waals surface area contributed by atoms with Gasteiger partial charge in [0.25, 0.3) is 5.91 Å². The fraction of sp³-hybridized carbons (Fsp3) is 0.615. The van der Waals surface area contributed by atoms with Crippen LogP contribution in [-0.2, 0) is 4.79 Å². The van der Waals surface area contributed by atoms with E-state index in [4.69, 9.17) is 0 Å². The lowest BCUT2D eigenvalue weighted by atomic mass is 9.48. The third-order valence-electron chi connectivity index (χ3n) is 8.53. The van der Waals surface area contributed by atoms with E-state index in [-0.39, 0.29) is 28.8 Å². The molecule has 6 heteroatoms. The van der Waals surface area contributed by atoms with Crippen LogP contribution >= 0.6 is 0 Å². The second-order valence-electron chi connectivity index (χ2n) is 10.6. The van der Waals surface area contributed by atoms with Gasteiger partial charge in [-0.1, -0.05) is 0 Å². The Morgan fingerprint density at radius 3 is 2.19 bits per heavy atom. The first-order chi connectivity index (χ1) is 15.4. The fourth-order valence-electron chi connectivity index (χ4n) is 7.22. The first kappa shape index (κ1) is 21.3. The molecule has 1 amide bonds. The highest BCUT2D eigenvalue weighted by atomic mass is 19.1. The molecule has 4 bridgehead atoms. The van der Waals surface area contributed by atoms with Crippen LogP contribution in [0.15, 0.2) is 36.0 Å². The highest BCUT2D eigenvalue weighted by molar-refractivity contribution is 5.97. The first-order valence-electron chi connectivity index (χ1n) is 12.1. The zero-order valence-corrected chi connectivity index (χ0v) is 18.9. The molecule has 1 N–H and O–H groups in total. The van der Waals surface area contributed by atoms with E-state index in [2.05, 4.69) is 23.2 Å². The number of carbonyl (C=O) groups is 1. The summed E-state index contributed by atoms with van der Waals surface area (Å²) >= 11 is 0. The van der Waals surface area contributed by atoms with Crippen molar-refractivity contribution in [1.82, 2.24) is 10.2 Å². The molecule has 1 saturated heterocycles. The molecule has 1 atom stereocenters. The first-order valence-corrected chi connectivity index (χ1v) is 12.1. The number of carbonyl (C=O) groups excluding carboxylic acids is 1. The topological polar surface area (TPSA) is 59.4 Å². The van der Waals surface area contributed by atoms with E-state index in [1.165, 1.54) is 50.7 Å². The average Bonchev–Trinajstić information content (AvgIpc) is 2.77. The van der Waals surface area contributed by atoms with Gasteiger partial charge in [-0.05, 0) is 92.9 Å². The molecule has 5 nitrogen and oxygen atoms in total. The smallest absolute Gasteiger partial charge is 0.263 e. The molecule has 170 valence electrons. The average molecular weight is 437 g/mol. The quantitative estimate of drug-likeness (QED) is 0.558. The third-order valence-corrected chi connectivity index (χ3v) is 8.53. The lowest BCUT2D eigenvalue weighted by Crippen LogP contribution is -2.56. The van der Waals surface area contributed by atoms with Gasteiger partial charge in [-0.15, -0.1) is 0 Å². The van der Waals surface area contributed by atoms with Crippen molar-refractivity contribution in [3.63, 3.8) is 0 Å². The molecule has 0 spiro atoms. The van der Waals surface area contributed by atoms with Gasteiger partial charge in [0.2, 0.25) is 0 Å². The molecule has 0 aromatic heterocycles. The van der Waals surface area contributed by atoms with Crippen LogP contribution in [0.4, 0.5) is 10.1 Å². The number of nitrogens with one attached hydrogen (secondary N) is 1. The molecule has 4 saturated carbocycles. The highest BCUT2D eigenvalue weighted by Gasteiger charge is 2.53. The number of hydrogen-bond acceptors (Lipinski definition) is 4. The number of amides is 1. The number of anilines is 1. The summed E-state index contributed by atoms with van der Waals surface area (Å²) in [6.45, 7) is 5.14. The maximum atomic E-state index is 13.2. The summed E-state index contributed by atoms with van der Waals surface area (Å²) in [5.41, 5.74) is 1.42. The van der Waals surface area contributed by atoms with Crippen molar-refractivity contribution in [1.29, 1.82) is 5.26 Å². The Hall–Kier alpha value is -2.55. The fourth-order valence-corrected chi connectivity index (χ4v) is 7.22. The van der Waals surface area contributed by atoms with Crippen LogP contribution in [0.1, 0.15) is 45.4 Å². The van der Waals surface area contributed by atoms with Crippen molar-refractivity contribution >= 4 is 11.6 Å². The van der Waals surface area contributed by atoms with Crippen LogP contribution in [0.3, 0.4) is 0 Å². The molecule has 6 rings (SSSR count). The number of benzene rings is 1. The van der Waals surface area contributed by atoms with Gasteiger partial charge in [0.15, 0.2) is 0 Å². The summed E-state index contributed by atoms with van der Waals surface area (Å²) in [6.07, 6.45) is 9.57. The Balaban J connectivity index is 1.19. The minimum atomic E-state index is -0.239. The third kappa shape index (κ3) is 4.10. The molecule has 0 radical (unpaired) electrons. The standard InChI is InChI=1S/C26H33FN4O/c1-18(26-13-19-10-20(14-26)12-21(11-19)15-26)29-25(32)22(16-28)17-30-6-8-31(9-7-30)24-4-2-23(27)3-5-24/h2-5,17-21H,6-15H2,1H3,(H,29,32)/b22-17-. The molecule has 1 heterocycles. The number of nitriles is 1. The van der Waals surface area contributed by atoms with E-state index in [0.717, 1.165) is 49.6 Å². The molecular weight excluding hydrogens is 403 g/mol. The summed E-state index contributed by atoms with van der Waals surface area (Å²) < 4.78 is 13.2. The number of piperazine rings is 1. The van der Waals surface area contributed by atoms with Crippen LogP contribution in [0.2, 0.25) is 0 Å². The van der Waals surface area contributed by atoms with Crippen LogP contribution in [0, 0.1) is 40.3 Å². The minimum Gasteiger partial charge on any atom is -0.373 e. The van der Waals surface area contributed by atoms with Gasteiger partial charge >= 0.3 is 0 Å². The van der Waals surface area contributed by atoms with Crippen molar-refractivity contribution in [2.75, 3.05) is 31.1 Å². The van der Waals surface area contributed by atoms with E-state index in [1.54, 1.807) is 18.3 Å². The largest absolute Gasteiger partial charge is 0.373 e. The Kier molecular flexibility index (Phi) is 5.61. The molecule has 4 aliphatic carbocycles. The van der Waals surface area contributed by atoms with Crippen molar-refractivity contribution in [3.05, 3.63) is 41.9 Å². The van der Waals surface area contributed by atoms with Gasteiger partial charge in [0.1, 0.15) is 17.5 Å². The summed E-state index contributed by atoms with van der Waals surface area (Å²) in [6, 6.07) is 8.78. The van der Waals surface area contributed by atoms with E-state index in [9.17, 15) is 14.4 Å². The Morgan fingerprint density at radius 2 is 1.66 bits per heavy atom. The molecule has 1 aromatic carbocycles. The number of nitrogens with zero attached hydrogens (tertiary/aromatic N) is 3. The second kappa shape index (κ2) is 8.42. The molecule has 32 heavy (non-hydrogen) atoms. The zero-order chi connectivity index (χ0) is 22.3. The SMILES string of the molecule is CC(NC(=O)/C(C#N)=C\N1CCN(c2ccc(F)cc2)CC1)C12CC3CC(CC(C3)C1)C2. The van der Waals surface area contributed by atoms with Crippen LogP contribution in [0.25, 0.3) is 0 Å². The summed E-state index contributed by atoms with van der Waals surface area (Å²) in [5, 5.41) is 12.9. The van der Waals surface area contributed by atoms with E-state index < -0.39 is 0 Å². The highest BCUT2D eigenvalue weighted by Crippen LogP contribution is 2.61. The van der Waals surface area contributed by atoms with Gasteiger partial charge in [-0.3, -0.25) is 4.79 Å². The second-order valence-corrected chi connectivity index (χ2v) is 10.6. The molecule has 5 aliphatic rings. The Morgan fingerprint density at radius 1 is 1.09 bits per heavy atom. The predicted molar refractivity (Wildman–Crippen MR) is 122 cm³/mol. The van der Waals surface area contributed by atoms with Gasteiger partial charge in [0.05, 0.1) is 0 Å². The molecule has 5 fully saturated rings. The van der Waals surface area contributed by atoms with E-state index in [0.29, 0.717) is 0 Å². The maximum absolute atomic E-state index is 13.2. The number of rotatable bonds is 5. The van der Waals surface area contributed by atoms with Crippen molar-refractivity contribution in [2.45, 2.75) is 51.5 Å². The number of hydrogen-bond donors (Lipinski definition) is 1. The Labute approximate surface area is 190 Å². The normalized spacial score (nSPS) is 32.5. The summed E-state index contributed by atoms with van der Waals surface area (Å²) in [5.74, 6) is 2.04. The molecule has 1 unspecified atom stereocenters. The minimum absolute atomic E-state index is 0.107. The van der Waals surface area contributed by atoms with Gasteiger partial charge < -0.3 is 15.1 Å². The monoisotopic (exact) mass is 436 g/mol. The number of halogens is 1. The van der Waals surface area contributed by atoms with E-state index >= 15 is 0 Å². The van der Waals surface area contributed by atoms with Crippen LogP contribution in [0.5, 0.6) is 0 Å². The van der Waals surface area contributed by atoms with Crippen LogP contribution < -0.4 is 10.2 Å². The lowest BCUT2D eigenvalue weighted by molar-refractivity contribution is -0.122. The maximum Gasteiger partial charge on any atom is 0.263 e. The van der Waals surface area contributed by atoms with E-state index in [1.807, 2.05) is 4.90 Å². The molecule has 1 aliphatic heterocycles. The molecular formula is C26H33FN4O. The van der Waals surface area contributed by atoms with Gasteiger partial charge in [-0.2, -0.15) is 5.26 Å². The van der Waals surface area contributed by atoms with Gasteiger partial charge in [0, 0.05) is 44.1 Å². The van der Waals surface area contributed by atoms with Gasteiger partial charge in [-0.25, -0.2) is 4.39 Å². The van der Waals surface area contributed by atoms with Crippen LogP contribution in [-0.4, -0.2) is 43.0 Å². The summed E-state index contributed by atoms with van der Waals surface area (Å²) in [4.78, 5) is 17.2. The van der Waals surface area contributed by atoms with Crippen molar-refractivity contribution < 1.29 is 9.18 Å². The summed E-state index contributed by atoms with van der Waals surface area (Å²) in [7, 11) is 0. The van der Waals surface area contributed by atoms with Crippen molar-refractivity contribution in [2.24, 2.45) is 23.2 Å². The Bertz CT molecular complexity index is 891. The zero-order valence-electron chi connectivity index (χ0n) is 18.9. The molecule has 1 aromatic rings. The predicted octanol–water partition coefficient (Wildman–Crippen LogP) is 4.08. The lowest BCUT2D eigenvalue weighted by Gasteiger charge is -2.59. The van der Waals surface area contributed by atoms with Crippen molar-refractivity contribution in [3.8, 4) is 6.07 Å².